The van der Waals surface area contributed by atoms with Gasteiger partial charge in [-0.25, -0.2) is 0 Å². The Morgan fingerprint density at radius 3 is 2.15 bits per heavy atom. The summed E-state index contributed by atoms with van der Waals surface area (Å²) in [5, 5.41) is 0. The van der Waals surface area contributed by atoms with Crippen molar-refractivity contribution < 1.29 is 9.47 Å². The van der Waals surface area contributed by atoms with Crippen LogP contribution in [0.5, 0.6) is 5.75 Å². The molecule has 0 amide bonds. The minimum atomic E-state index is -0.0120. The van der Waals surface area contributed by atoms with Gasteiger partial charge in [0.25, 0.3) is 0 Å². The van der Waals surface area contributed by atoms with Crippen LogP contribution < -0.4 is 4.74 Å². The smallest absolute Gasteiger partial charge is 0.148 e. The van der Waals surface area contributed by atoms with Crippen molar-refractivity contribution in [3.63, 3.8) is 0 Å². The van der Waals surface area contributed by atoms with Gasteiger partial charge in [-0.1, -0.05) is 83.6 Å². The Balaban J connectivity index is 1.86. The van der Waals surface area contributed by atoms with Gasteiger partial charge in [0.2, 0.25) is 0 Å². The first-order valence-electron chi connectivity index (χ1n) is 13.4. The van der Waals surface area contributed by atoms with Crippen molar-refractivity contribution in [2.24, 2.45) is 0 Å². The topological polar surface area (TPSA) is 21.8 Å². The summed E-state index contributed by atoms with van der Waals surface area (Å²) in [6.45, 7) is 16.3. The average Bonchev–Trinajstić information content (AvgIpc) is 3.56. The highest BCUT2D eigenvalue weighted by Gasteiger charge is 2.53. The second kappa shape index (κ2) is 11.5. The molecule has 2 nitrogen and oxygen atoms in total. The van der Waals surface area contributed by atoms with E-state index in [4.69, 9.17) is 9.47 Å². The summed E-state index contributed by atoms with van der Waals surface area (Å²) < 4.78 is 12.0. The molecule has 1 saturated heterocycles. The summed E-state index contributed by atoms with van der Waals surface area (Å²) >= 11 is 0. The second-order valence-electron chi connectivity index (χ2n) is 9.94. The third-order valence-corrected chi connectivity index (χ3v) is 7.84. The van der Waals surface area contributed by atoms with E-state index in [2.05, 4.69) is 96.7 Å². The zero-order valence-electron chi connectivity index (χ0n) is 22.5. The van der Waals surface area contributed by atoms with Crippen LogP contribution in [-0.4, -0.2) is 18.3 Å². The third-order valence-electron chi connectivity index (χ3n) is 7.84. The minimum Gasteiger partial charge on any atom is -0.493 e. The molecule has 2 unspecified atom stereocenters. The van der Waals surface area contributed by atoms with Crippen molar-refractivity contribution in [3.8, 4) is 17.6 Å². The van der Waals surface area contributed by atoms with Crippen molar-refractivity contribution in [2.45, 2.75) is 111 Å². The molecular weight excluding hydrogens is 416 g/mol. The fourth-order valence-corrected chi connectivity index (χ4v) is 5.27. The SMILES string of the molecule is CCCCC1(CC)OC1C#Cc1ccc(C(CC)(CC)c2ccc(OCCC)c(C)c2)cc1C. The van der Waals surface area contributed by atoms with E-state index < -0.39 is 0 Å². The van der Waals surface area contributed by atoms with E-state index >= 15 is 0 Å². The van der Waals surface area contributed by atoms with Crippen LogP contribution in [0.25, 0.3) is 0 Å². The van der Waals surface area contributed by atoms with Crippen LogP contribution in [0.1, 0.15) is 107 Å². The van der Waals surface area contributed by atoms with Crippen molar-refractivity contribution in [2.75, 3.05) is 6.61 Å². The molecule has 1 aliphatic rings. The van der Waals surface area contributed by atoms with Gasteiger partial charge in [-0.2, -0.15) is 0 Å². The Morgan fingerprint density at radius 2 is 1.59 bits per heavy atom. The van der Waals surface area contributed by atoms with Gasteiger partial charge in [0.15, 0.2) is 0 Å². The fraction of sp³-hybridized carbons (Fsp3) is 0.562. The van der Waals surface area contributed by atoms with Crippen molar-refractivity contribution in [1.29, 1.82) is 0 Å². The lowest BCUT2D eigenvalue weighted by molar-refractivity contribution is 0.273. The standard InChI is InChI=1S/C32H44O2/c1-8-13-20-32(12-5)30(34-32)19-15-26-14-16-27(22-24(26)6)31(10-3,11-4)28-17-18-29(25(7)23-28)33-21-9-2/h14,16-18,22-23,30H,8-13,20-21H2,1-7H3. The molecule has 0 bridgehead atoms. The number of ether oxygens (including phenoxy) is 2. The molecule has 0 aliphatic carbocycles. The molecule has 0 radical (unpaired) electrons. The molecule has 184 valence electrons. The lowest BCUT2D eigenvalue weighted by Crippen LogP contribution is -2.26. The first-order chi connectivity index (χ1) is 16.4. The van der Waals surface area contributed by atoms with E-state index in [9.17, 15) is 0 Å². The van der Waals surface area contributed by atoms with Crippen LogP contribution in [0.3, 0.4) is 0 Å². The van der Waals surface area contributed by atoms with Gasteiger partial charge in [-0.15, -0.1) is 0 Å². The highest BCUT2D eigenvalue weighted by Crippen LogP contribution is 2.44. The maximum atomic E-state index is 6.05. The first kappa shape index (κ1) is 26.4. The fourth-order valence-electron chi connectivity index (χ4n) is 5.27. The Labute approximate surface area is 208 Å². The lowest BCUT2D eigenvalue weighted by Gasteiger charge is -2.34. The molecule has 0 aromatic heterocycles. The maximum Gasteiger partial charge on any atom is 0.148 e. The summed E-state index contributed by atoms with van der Waals surface area (Å²) in [6, 6.07) is 13.6. The molecule has 34 heavy (non-hydrogen) atoms. The summed E-state index contributed by atoms with van der Waals surface area (Å²) in [5.41, 5.74) is 6.29. The molecule has 2 aromatic rings. The van der Waals surface area contributed by atoms with Gasteiger partial charge in [-0.05, 0) is 80.3 Å². The van der Waals surface area contributed by atoms with Crippen LogP contribution in [0.15, 0.2) is 36.4 Å². The Morgan fingerprint density at radius 1 is 0.912 bits per heavy atom. The van der Waals surface area contributed by atoms with Gasteiger partial charge in [0, 0.05) is 11.0 Å². The highest BCUT2D eigenvalue weighted by atomic mass is 16.6. The molecule has 0 spiro atoms. The third kappa shape index (κ3) is 5.36. The van der Waals surface area contributed by atoms with Gasteiger partial charge in [0.05, 0.1) is 6.61 Å². The van der Waals surface area contributed by atoms with E-state index in [0.717, 1.165) is 50.0 Å². The largest absolute Gasteiger partial charge is 0.493 e. The van der Waals surface area contributed by atoms with E-state index in [1.54, 1.807) is 0 Å². The number of aryl methyl sites for hydroxylation is 2. The summed E-state index contributed by atoms with van der Waals surface area (Å²) in [7, 11) is 0. The zero-order valence-corrected chi connectivity index (χ0v) is 22.5. The lowest BCUT2D eigenvalue weighted by atomic mass is 9.70. The minimum absolute atomic E-state index is 0.00129. The molecule has 0 saturated carbocycles. The van der Waals surface area contributed by atoms with Crippen LogP contribution in [0.4, 0.5) is 0 Å². The van der Waals surface area contributed by atoms with Crippen molar-refractivity contribution >= 4 is 0 Å². The van der Waals surface area contributed by atoms with Gasteiger partial charge in [-0.3, -0.25) is 0 Å². The number of hydrogen-bond donors (Lipinski definition) is 0. The summed E-state index contributed by atoms with van der Waals surface area (Å²) in [6.07, 6.45) is 7.79. The van der Waals surface area contributed by atoms with Gasteiger partial charge >= 0.3 is 0 Å². The van der Waals surface area contributed by atoms with E-state index in [0.29, 0.717) is 0 Å². The number of benzene rings is 2. The number of rotatable bonds is 11. The van der Waals surface area contributed by atoms with E-state index in [1.807, 2.05) is 0 Å². The van der Waals surface area contributed by atoms with Crippen LogP contribution in [-0.2, 0) is 10.2 Å². The average molecular weight is 461 g/mol. The van der Waals surface area contributed by atoms with Crippen molar-refractivity contribution in [3.05, 3.63) is 64.2 Å². The zero-order chi connectivity index (χ0) is 24.8. The number of hydrogen-bond acceptors (Lipinski definition) is 2. The molecule has 1 heterocycles. The van der Waals surface area contributed by atoms with Gasteiger partial charge < -0.3 is 9.47 Å². The maximum absolute atomic E-state index is 6.05. The Kier molecular flexibility index (Phi) is 8.89. The molecular formula is C32H44O2. The summed E-state index contributed by atoms with van der Waals surface area (Å²) in [4.78, 5) is 0. The molecule has 2 heteroatoms. The quantitative estimate of drug-likeness (QED) is 0.248. The molecule has 2 aromatic carbocycles. The van der Waals surface area contributed by atoms with Crippen LogP contribution in [0, 0.1) is 25.7 Å². The second-order valence-corrected chi connectivity index (χ2v) is 9.94. The summed E-state index contributed by atoms with van der Waals surface area (Å²) in [5.74, 6) is 7.86. The predicted molar refractivity (Wildman–Crippen MR) is 144 cm³/mol. The monoisotopic (exact) mass is 460 g/mol. The van der Waals surface area contributed by atoms with Crippen molar-refractivity contribution in [1.82, 2.24) is 0 Å². The Bertz CT molecular complexity index is 1020. The molecule has 0 N–H and O–H groups in total. The Hall–Kier alpha value is -2.24. The normalized spacial score (nSPS) is 19.4. The van der Waals surface area contributed by atoms with Crippen LogP contribution in [0.2, 0.25) is 0 Å². The first-order valence-corrected chi connectivity index (χ1v) is 13.4. The molecule has 3 rings (SSSR count). The van der Waals surface area contributed by atoms with E-state index in [1.165, 1.54) is 35.1 Å². The number of epoxide rings is 1. The number of unbranched alkanes of at least 4 members (excludes halogenated alkanes) is 1. The molecule has 1 aliphatic heterocycles. The van der Waals surface area contributed by atoms with E-state index in [-0.39, 0.29) is 17.1 Å². The predicted octanol–water partition coefficient (Wildman–Crippen LogP) is 8.29. The molecule has 2 atom stereocenters. The highest BCUT2D eigenvalue weighted by molar-refractivity contribution is 5.50. The van der Waals surface area contributed by atoms with Gasteiger partial charge in [0.1, 0.15) is 17.5 Å². The molecule has 1 fully saturated rings. The van der Waals surface area contributed by atoms with Crippen LogP contribution >= 0.6 is 0 Å².